The fourth-order valence-corrected chi connectivity index (χ4v) is 3.21. The molecule has 0 unspecified atom stereocenters. The van der Waals surface area contributed by atoms with Crippen LogP contribution in [0, 0.1) is 32.1 Å². The minimum atomic E-state index is -0.473. The highest BCUT2D eigenvalue weighted by Crippen LogP contribution is 2.24. The Morgan fingerprint density at radius 3 is 2.71 bits per heavy atom. The van der Waals surface area contributed by atoms with Gasteiger partial charge in [-0.1, -0.05) is 17.7 Å². The topological polar surface area (TPSA) is 70.7 Å². The number of carbonyl (C=O) groups excluding carboxylic acids is 1. The molecule has 0 saturated heterocycles. The molecule has 0 atom stereocenters. The lowest BCUT2D eigenvalue weighted by Gasteiger charge is -2.09. The van der Waals surface area contributed by atoms with Crippen LogP contribution in [0.5, 0.6) is 0 Å². The van der Waals surface area contributed by atoms with Gasteiger partial charge in [-0.2, -0.15) is 5.26 Å². The Morgan fingerprint density at radius 2 is 2.04 bits per heavy atom. The maximum absolute atomic E-state index is 12.6. The zero-order chi connectivity index (χ0) is 20.3. The summed E-state index contributed by atoms with van der Waals surface area (Å²) in [6.45, 7) is 5.78. The maximum atomic E-state index is 12.6. The Labute approximate surface area is 168 Å². The number of hydrogen-bond donors (Lipinski definition) is 1. The second-order valence-corrected chi connectivity index (χ2v) is 6.89. The van der Waals surface area contributed by atoms with E-state index >= 15 is 0 Å². The van der Waals surface area contributed by atoms with Crippen molar-refractivity contribution in [2.24, 2.45) is 0 Å². The number of pyridine rings is 1. The van der Waals surface area contributed by atoms with Crippen LogP contribution in [0.1, 0.15) is 22.5 Å². The van der Waals surface area contributed by atoms with Gasteiger partial charge >= 0.3 is 0 Å². The summed E-state index contributed by atoms with van der Waals surface area (Å²) in [6.07, 6.45) is 5.09. The van der Waals surface area contributed by atoms with Gasteiger partial charge in [0.2, 0.25) is 0 Å². The Bertz CT molecular complexity index is 1110. The minimum absolute atomic E-state index is 0.0193. The van der Waals surface area contributed by atoms with Crippen molar-refractivity contribution in [3.8, 4) is 11.8 Å². The van der Waals surface area contributed by atoms with E-state index in [-0.39, 0.29) is 5.57 Å². The van der Waals surface area contributed by atoms with Crippen molar-refractivity contribution < 1.29 is 4.79 Å². The first-order chi connectivity index (χ1) is 13.4. The highest BCUT2D eigenvalue weighted by Gasteiger charge is 2.15. The van der Waals surface area contributed by atoms with E-state index in [1.54, 1.807) is 30.6 Å². The first kappa shape index (κ1) is 19.4. The van der Waals surface area contributed by atoms with E-state index in [0.717, 1.165) is 28.2 Å². The normalized spacial score (nSPS) is 11.2. The highest BCUT2D eigenvalue weighted by atomic mass is 35.5. The summed E-state index contributed by atoms with van der Waals surface area (Å²) in [6, 6.07) is 13.0. The van der Waals surface area contributed by atoms with Gasteiger partial charge in [-0.25, -0.2) is 0 Å². The smallest absolute Gasteiger partial charge is 0.266 e. The standard InChI is InChI=1S/C22H19ClN4O/c1-14-6-7-19(23)11-21(14)26-22(28)18(12-24)10-17-9-15(2)27(16(17)3)20-5-4-8-25-13-20/h4-11,13H,1-3H3,(H,26,28)/b18-10-. The van der Waals surface area contributed by atoms with Crippen LogP contribution >= 0.6 is 11.6 Å². The highest BCUT2D eigenvalue weighted by molar-refractivity contribution is 6.31. The van der Waals surface area contributed by atoms with Crippen molar-refractivity contribution in [2.45, 2.75) is 20.8 Å². The Morgan fingerprint density at radius 1 is 1.25 bits per heavy atom. The zero-order valence-corrected chi connectivity index (χ0v) is 16.6. The Kier molecular flexibility index (Phi) is 5.62. The van der Waals surface area contributed by atoms with Crippen LogP contribution in [0.15, 0.2) is 54.4 Å². The number of carbonyl (C=O) groups is 1. The Hall–Kier alpha value is -3.36. The lowest BCUT2D eigenvalue weighted by Crippen LogP contribution is -2.14. The molecule has 3 rings (SSSR count). The quantitative estimate of drug-likeness (QED) is 0.503. The van der Waals surface area contributed by atoms with E-state index in [9.17, 15) is 10.1 Å². The number of nitriles is 1. The fraction of sp³-hybridized carbons (Fsp3) is 0.136. The van der Waals surface area contributed by atoms with Gasteiger partial charge in [0, 0.05) is 28.3 Å². The summed E-state index contributed by atoms with van der Waals surface area (Å²) in [7, 11) is 0. The van der Waals surface area contributed by atoms with Gasteiger partial charge < -0.3 is 9.88 Å². The molecule has 1 amide bonds. The summed E-state index contributed by atoms with van der Waals surface area (Å²) < 4.78 is 2.03. The van der Waals surface area contributed by atoms with Gasteiger partial charge in [-0.3, -0.25) is 9.78 Å². The van der Waals surface area contributed by atoms with Crippen molar-refractivity contribution in [2.75, 3.05) is 5.32 Å². The van der Waals surface area contributed by atoms with Crippen LogP contribution in [0.2, 0.25) is 5.02 Å². The zero-order valence-electron chi connectivity index (χ0n) is 15.8. The molecule has 28 heavy (non-hydrogen) atoms. The maximum Gasteiger partial charge on any atom is 0.266 e. The number of benzene rings is 1. The van der Waals surface area contributed by atoms with Gasteiger partial charge in [-0.15, -0.1) is 0 Å². The monoisotopic (exact) mass is 390 g/mol. The summed E-state index contributed by atoms with van der Waals surface area (Å²) in [5.41, 5.74) is 5.10. The number of rotatable bonds is 4. The second-order valence-electron chi connectivity index (χ2n) is 6.46. The number of nitrogens with one attached hydrogen (secondary N) is 1. The van der Waals surface area contributed by atoms with Gasteiger partial charge in [0.1, 0.15) is 11.6 Å². The third-order valence-electron chi connectivity index (χ3n) is 4.49. The molecule has 0 saturated carbocycles. The van der Waals surface area contributed by atoms with Crippen LogP contribution in [0.3, 0.4) is 0 Å². The average molecular weight is 391 g/mol. The molecule has 2 heterocycles. The van der Waals surface area contributed by atoms with E-state index in [2.05, 4.69) is 10.3 Å². The SMILES string of the molecule is Cc1ccc(Cl)cc1NC(=O)/C(C#N)=C\c1cc(C)n(-c2cccnc2)c1C. The van der Waals surface area contributed by atoms with Crippen LogP contribution < -0.4 is 5.32 Å². The molecule has 3 aromatic rings. The third kappa shape index (κ3) is 3.98. The first-order valence-corrected chi connectivity index (χ1v) is 9.07. The van der Waals surface area contributed by atoms with E-state index < -0.39 is 5.91 Å². The Balaban J connectivity index is 1.94. The summed E-state index contributed by atoms with van der Waals surface area (Å²) in [4.78, 5) is 16.8. The molecule has 1 N–H and O–H groups in total. The molecule has 1 aromatic carbocycles. The lowest BCUT2D eigenvalue weighted by molar-refractivity contribution is -0.112. The van der Waals surface area contributed by atoms with Gasteiger partial charge in [-0.05, 0) is 68.3 Å². The van der Waals surface area contributed by atoms with Crippen molar-refractivity contribution in [1.29, 1.82) is 5.26 Å². The van der Waals surface area contributed by atoms with Crippen molar-refractivity contribution >= 4 is 29.3 Å². The molecule has 0 aliphatic heterocycles. The molecule has 0 aliphatic carbocycles. The molecular weight excluding hydrogens is 372 g/mol. The van der Waals surface area contributed by atoms with Crippen molar-refractivity contribution in [3.63, 3.8) is 0 Å². The molecule has 0 bridgehead atoms. The van der Waals surface area contributed by atoms with Crippen LogP contribution in [-0.4, -0.2) is 15.5 Å². The summed E-state index contributed by atoms with van der Waals surface area (Å²) in [5.74, 6) is -0.473. The van der Waals surface area contributed by atoms with Crippen LogP contribution in [-0.2, 0) is 4.79 Å². The molecule has 5 nitrogen and oxygen atoms in total. The number of amides is 1. The number of aryl methyl sites for hydroxylation is 2. The molecular formula is C22H19ClN4O. The molecule has 140 valence electrons. The van der Waals surface area contributed by atoms with E-state index in [1.165, 1.54) is 0 Å². The number of aromatic nitrogens is 2. The predicted molar refractivity (Wildman–Crippen MR) is 111 cm³/mol. The summed E-state index contributed by atoms with van der Waals surface area (Å²) >= 11 is 6.00. The third-order valence-corrected chi connectivity index (χ3v) is 4.72. The number of anilines is 1. The van der Waals surface area contributed by atoms with Gasteiger partial charge in [0.15, 0.2) is 0 Å². The molecule has 0 spiro atoms. The molecule has 0 radical (unpaired) electrons. The van der Waals surface area contributed by atoms with Crippen LogP contribution in [0.25, 0.3) is 11.8 Å². The van der Waals surface area contributed by atoms with E-state index in [4.69, 9.17) is 11.6 Å². The minimum Gasteiger partial charge on any atom is -0.321 e. The fourth-order valence-electron chi connectivity index (χ4n) is 3.04. The lowest BCUT2D eigenvalue weighted by atomic mass is 10.1. The molecule has 0 fully saturated rings. The van der Waals surface area contributed by atoms with E-state index in [0.29, 0.717) is 10.7 Å². The molecule has 6 heteroatoms. The van der Waals surface area contributed by atoms with Crippen LogP contribution in [0.4, 0.5) is 5.69 Å². The first-order valence-electron chi connectivity index (χ1n) is 8.69. The average Bonchev–Trinajstić information content (AvgIpc) is 2.96. The number of hydrogen-bond acceptors (Lipinski definition) is 3. The van der Waals surface area contributed by atoms with Gasteiger partial charge in [0.05, 0.1) is 11.9 Å². The number of halogens is 1. The van der Waals surface area contributed by atoms with Gasteiger partial charge in [0.25, 0.3) is 5.91 Å². The molecule has 2 aromatic heterocycles. The number of nitrogens with zero attached hydrogens (tertiary/aromatic N) is 3. The second kappa shape index (κ2) is 8.12. The van der Waals surface area contributed by atoms with Crippen molar-refractivity contribution in [3.05, 3.63) is 81.9 Å². The molecule has 0 aliphatic rings. The van der Waals surface area contributed by atoms with E-state index in [1.807, 2.05) is 55.7 Å². The predicted octanol–water partition coefficient (Wildman–Crippen LogP) is 5.00. The largest absolute Gasteiger partial charge is 0.321 e. The summed E-state index contributed by atoms with van der Waals surface area (Å²) in [5, 5.41) is 12.8. The van der Waals surface area contributed by atoms with Crippen molar-refractivity contribution in [1.82, 2.24) is 9.55 Å².